The molecular weight excluding hydrogens is 680 g/mol. The Bertz CT molecular complexity index is 2000. The highest BCUT2D eigenvalue weighted by atomic mass is 19.3. The maximum absolute atomic E-state index is 13.7. The number of carbonyl (C=O) groups is 2. The Balaban J connectivity index is 0.869. The van der Waals surface area contributed by atoms with Crippen LogP contribution in [0.15, 0.2) is 48.7 Å². The van der Waals surface area contributed by atoms with Crippen molar-refractivity contribution in [1.82, 2.24) is 30.6 Å². The SMILES string of the molecule is O=C(NCc1ncc(-c2ccc(-c3ccc4nc(CNC(=O)C5(C6(O)CCC(F)(F)CC6)CC5)[nH]c4c3)cc2)[nH]1)C1(C2(O)CCC(F)(F)CC2)CC1. The molecule has 0 unspecified atom stereocenters. The van der Waals surface area contributed by atoms with Gasteiger partial charge in [0.05, 0.1) is 58.0 Å². The molecule has 4 aliphatic carbocycles. The van der Waals surface area contributed by atoms with Crippen molar-refractivity contribution in [2.75, 3.05) is 0 Å². The molecule has 4 aromatic rings. The lowest BCUT2D eigenvalue weighted by molar-refractivity contribution is -0.156. The van der Waals surface area contributed by atoms with Crippen LogP contribution in [0.1, 0.15) is 88.7 Å². The van der Waals surface area contributed by atoms with Crippen LogP contribution in [0.4, 0.5) is 17.6 Å². The number of benzene rings is 2. The minimum atomic E-state index is -2.79. The smallest absolute Gasteiger partial charge is 0.248 e. The molecule has 0 spiro atoms. The van der Waals surface area contributed by atoms with E-state index in [0.29, 0.717) is 37.3 Å². The fourth-order valence-electron chi connectivity index (χ4n) is 8.51. The summed E-state index contributed by atoms with van der Waals surface area (Å²) < 4.78 is 54.9. The van der Waals surface area contributed by atoms with Gasteiger partial charge in [-0.15, -0.1) is 0 Å². The van der Waals surface area contributed by atoms with Gasteiger partial charge in [0, 0.05) is 25.7 Å². The number of hydrogen-bond acceptors (Lipinski definition) is 6. The predicted octanol–water partition coefficient (Wildman–Crippen LogP) is 6.29. The highest BCUT2D eigenvalue weighted by Gasteiger charge is 2.66. The number of imidazole rings is 2. The Kier molecular flexibility index (Phi) is 8.10. The molecule has 52 heavy (non-hydrogen) atoms. The number of hydrogen-bond donors (Lipinski definition) is 6. The number of amides is 2. The molecule has 10 nitrogen and oxygen atoms in total. The summed E-state index contributed by atoms with van der Waals surface area (Å²) in [6.07, 6.45) is 1.57. The van der Waals surface area contributed by atoms with Crippen molar-refractivity contribution >= 4 is 22.8 Å². The van der Waals surface area contributed by atoms with Crippen molar-refractivity contribution in [3.63, 3.8) is 0 Å². The van der Waals surface area contributed by atoms with Crippen molar-refractivity contribution in [2.45, 2.75) is 113 Å². The molecule has 276 valence electrons. The molecule has 4 saturated carbocycles. The van der Waals surface area contributed by atoms with Crippen molar-refractivity contribution in [3.8, 4) is 22.4 Å². The second-order valence-electron chi connectivity index (χ2n) is 15.5. The van der Waals surface area contributed by atoms with Gasteiger partial charge in [-0.1, -0.05) is 30.3 Å². The summed E-state index contributed by atoms with van der Waals surface area (Å²) in [4.78, 5) is 41.8. The lowest BCUT2D eigenvalue weighted by Crippen LogP contribution is -2.52. The molecule has 0 atom stereocenters. The van der Waals surface area contributed by atoms with Crippen LogP contribution < -0.4 is 10.6 Å². The molecule has 14 heteroatoms. The standard InChI is InChI=1S/C38H42F4N6O4/c39-37(40)15-11-35(51,12-16-37)33(7-8-33)31(49)44-21-29-43-20-28(48-29)24-3-1-23(2-4-24)25-5-6-26-27(19-25)47-30(46-26)22-45-32(50)34(9-10-34)36(52)13-17-38(41,42)18-14-36/h1-6,19-20,51-52H,7-18,21-22H2,(H,43,48)(H,44,49)(H,45,50)(H,46,47). The van der Waals surface area contributed by atoms with Crippen LogP contribution in [-0.2, 0) is 22.7 Å². The summed E-state index contributed by atoms with van der Waals surface area (Å²) in [5, 5.41) is 28.0. The van der Waals surface area contributed by atoms with E-state index in [1.807, 2.05) is 42.5 Å². The monoisotopic (exact) mass is 722 g/mol. The summed E-state index contributed by atoms with van der Waals surface area (Å²) in [6.45, 7) is 0.233. The summed E-state index contributed by atoms with van der Waals surface area (Å²) in [6, 6.07) is 13.7. The Morgan fingerprint density at radius 1 is 0.635 bits per heavy atom. The number of alkyl halides is 4. The van der Waals surface area contributed by atoms with Crippen molar-refractivity contribution < 1.29 is 37.4 Å². The molecule has 0 radical (unpaired) electrons. The zero-order valence-electron chi connectivity index (χ0n) is 28.6. The zero-order chi connectivity index (χ0) is 36.6. The molecule has 2 amide bonds. The molecule has 0 aliphatic heterocycles. The fraction of sp³-hybridized carbons (Fsp3) is 0.526. The molecule has 2 aromatic heterocycles. The Morgan fingerprint density at radius 3 is 1.63 bits per heavy atom. The van der Waals surface area contributed by atoms with E-state index in [-0.39, 0.29) is 50.6 Å². The van der Waals surface area contributed by atoms with Crippen molar-refractivity contribution in [3.05, 3.63) is 60.3 Å². The van der Waals surface area contributed by atoms with Crippen LogP contribution in [0.2, 0.25) is 0 Å². The number of halogens is 4. The Hall–Kier alpha value is -4.30. The number of rotatable bonds is 10. The van der Waals surface area contributed by atoms with E-state index in [2.05, 4.69) is 30.6 Å². The maximum Gasteiger partial charge on any atom is 0.248 e. The number of nitrogens with one attached hydrogen (secondary N) is 4. The van der Waals surface area contributed by atoms with Crippen LogP contribution in [-0.4, -0.2) is 65.0 Å². The third-order valence-electron chi connectivity index (χ3n) is 12.3. The van der Waals surface area contributed by atoms with Gasteiger partial charge in [-0.3, -0.25) is 9.59 Å². The number of fused-ring (bicyclic) bond motifs is 1. The fourth-order valence-corrected chi connectivity index (χ4v) is 8.51. The van der Waals surface area contributed by atoms with E-state index in [1.54, 1.807) is 6.20 Å². The molecule has 4 aliphatic rings. The lowest BCUT2D eigenvalue weighted by atomic mass is 9.71. The molecule has 2 aromatic carbocycles. The van der Waals surface area contributed by atoms with Crippen LogP contribution in [0.5, 0.6) is 0 Å². The summed E-state index contributed by atoms with van der Waals surface area (Å²) in [7, 11) is 0. The second kappa shape index (κ2) is 12.1. The second-order valence-corrected chi connectivity index (χ2v) is 15.5. The van der Waals surface area contributed by atoms with Gasteiger partial charge < -0.3 is 30.8 Å². The number of aromatic nitrogens is 4. The lowest BCUT2D eigenvalue weighted by Gasteiger charge is -2.41. The third kappa shape index (κ3) is 6.17. The molecule has 0 bridgehead atoms. The van der Waals surface area contributed by atoms with Crippen LogP contribution in [0, 0.1) is 10.8 Å². The van der Waals surface area contributed by atoms with E-state index in [4.69, 9.17) is 0 Å². The van der Waals surface area contributed by atoms with Gasteiger partial charge in [0.2, 0.25) is 23.7 Å². The quantitative estimate of drug-likeness (QED) is 0.106. The molecule has 0 saturated heterocycles. The van der Waals surface area contributed by atoms with Gasteiger partial charge in [-0.25, -0.2) is 27.5 Å². The summed E-state index contributed by atoms with van der Waals surface area (Å²) >= 11 is 0. The van der Waals surface area contributed by atoms with Gasteiger partial charge >= 0.3 is 0 Å². The van der Waals surface area contributed by atoms with Crippen molar-refractivity contribution in [1.29, 1.82) is 0 Å². The average molecular weight is 723 g/mol. The van der Waals surface area contributed by atoms with Gasteiger partial charge in [0.25, 0.3) is 0 Å². The number of nitrogens with zero attached hydrogens (tertiary/aromatic N) is 2. The third-order valence-corrected chi connectivity index (χ3v) is 12.3. The summed E-state index contributed by atoms with van der Waals surface area (Å²) in [5.74, 6) is -5.17. The topological polar surface area (TPSA) is 156 Å². The van der Waals surface area contributed by atoms with Crippen LogP contribution in [0.3, 0.4) is 0 Å². The van der Waals surface area contributed by atoms with Gasteiger partial charge in [-0.2, -0.15) is 0 Å². The zero-order valence-corrected chi connectivity index (χ0v) is 28.6. The van der Waals surface area contributed by atoms with Crippen molar-refractivity contribution in [2.24, 2.45) is 10.8 Å². The molecule has 2 heterocycles. The van der Waals surface area contributed by atoms with Gasteiger partial charge in [0.1, 0.15) is 11.6 Å². The molecular formula is C38H42F4N6O4. The molecule has 6 N–H and O–H groups in total. The van der Waals surface area contributed by atoms with E-state index < -0.39 is 59.6 Å². The first kappa shape index (κ1) is 34.8. The highest BCUT2D eigenvalue weighted by Crippen LogP contribution is 2.61. The number of aliphatic hydroxyl groups is 2. The van der Waals surface area contributed by atoms with Gasteiger partial charge in [-0.05, 0) is 80.2 Å². The first-order valence-corrected chi connectivity index (χ1v) is 18.0. The average Bonchev–Trinajstić information content (AvgIpc) is 4.04. The first-order valence-electron chi connectivity index (χ1n) is 18.0. The Labute approximate surface area is 297 Å². The van der Waals surface area contributed by atoms with Crippen LogP contribution >= 0.6 is 0 Å². The maximum atomic E-state index is 13.7. The van der Waals surface area contributed by atoms with E-state index in [9.17, 15) is 37.4 Å². The minimum absolute atomic E-state index is 0.0890. The van der Waals surface area contributed by atoms with E-state index in [0.717, 1.165) is 33.4 Å². The molecule has 8 rings (SSSR count). The van der Waals surface area contributed by atoms with E-state index in [1.165, 1.54) is 0 Å². The first-order chi connectivity index (χ1) is 24.6. The van der Waals surface area contributed by atoms with Crippen LogP contribution in [0.25, 0.3) is 33.4 Å². The van der Waals surface area contributed by atoms with E-state index >= 15 is 0 Å². The Morgan fingerprint density at radius 2 is 1.12 bits per heavy atom. The normalized spacial score (nSPS) is 23.1. The number of carbonyl (C=O) groups excluding carboxylic acids is 2. The number of aromatic amines is 2. The summed E-state index contributed by atoms with van der Waals surface area (Å²) in [5.41, 5.74) is 0.162. The highest BCUT2D eigenvalue weighted by molar-refractivity contribution is 5.88. The number of H-pyrrole nitrogens is 2. The predicted molar refractivity (Wildman–Crippen MR) is 183 cm³/mol. The van der Waals surface area contributed by atoms with Gasteiger partial charge in [0.15, 0.2) is 0 Å². The molecule has 4 fully saturated rings. The minimum Gasteiger partial charge on any atom is -0.389 e. The largest absolute Gasteiger partial charge is 0.389 e.